The van der Waals surface area contributed by atoms with Gasteiger partial charge in [-0.15, -0.1) is 0 Å². The SMILES string of the molecule is Cc1cccc(-n2nc(-c3ccccc3Cl)cc2C(=O)NCc2cccnc2)c1. The number of halogens is 1. The number of carbonyl (C=O) groups excluding carboxylic acids is 1. The van der Waals surface area contributed by atoms with Gasteiger partial charge >= 0.3 is 0 Å². The Kier molecular flexibility index (Phi) is 5.40. The Hall–Kier alpha value is -3.44. The van der Waals surface area contributed by atoms with Crippen molar-refractivity contribution in [3.63, 3.8) is 0 Å². The first-order valence-corrected chi connectivity index (χ1v) is 9.59. The molecule has 29 heavy (non-hydrogen) atoms. The molecular weight excluding hydrogens is 384 g/mol. The fourth-order valence-corrected chi connectivity index (χ4v) is 3.31. The average molecular weight is 403 g/mol. The minimum absolute atomic E-state index is 0.221. The Balaban J connectivity index is 1.72. The Labute approximate surface area is 174 Å². The van der Waals surface area contributed by atoms with Crippen LogP contribution in [0, 0.1) is 6.92 Å². The first-order chi connectivity index (χ1) is 14.1. The van der Waals surface area contributed by atoms with E-state index in [1.807, 2.05) is 67.6 Å². The van der Waals surface area contributed by atoms with E-state index in [1.165, 1.54) is 0 Å². The molecule has 0 saturated carbocycles. The second-order valence-electron chi connectivity index (χ2n) is 6.69. The van der Waals surface area contributed by atoms with Gasteiger partial charge in [-0.2, -0.15) is 5.10 Å². The van der Waals surface area contributed by atoms with Crippen molar-refractivity contribution in [2.45, 2.75) is 13.5 Å². The average Bonchev–Trinajstić information content (AvgIpc) is 3.18. The molecule has 1 N–H and O–H groups in total. The van der Waals surface area contributed by atoms with Gasteiger partial charge in [0.1, 0.15) is 5.69 Å². The Morgan fingerprint density at radius 2 is 1.93 bits per heavy atom. The van der Waals surface area contributed by atoms with Gasteiger partial charge in [0.25, 0.3) is 5.91 Å². The van der Waals surface area contributed by atoms with Crippen molar-refractivity contribution in [2.75, 3.05) is 0 Å². The fourth-order valence-electron chi connectivity index (χ4n) is 3.08. The summed E-state index contributed by atoms with van der Waals surface area (Å²) in [6.45, 7) is 2.39. The molecular formula is C23H19ClN4O. The molecule has 0 aliphatic carbocycles. The topological polar surface area (TPSA) is 59.8 Å². The van der Waals surface area contributed by atoms with Crippen molar-refractivity contribution in [3.05, 3.63) is 101 Å². The molecule has 0 saturated heterocycles. The van der Waals surface area contributed by atoms with Crippen LogP contribution in [-0.4, -0.2) is 20.7 Å². The molecule has 0 fully saturated rings. The number of carbonyl (C=O) groups is 1. The zero-order valence-corrected chi connectivity index (χ0v) is 16.6. The first-order valence-electron chi connectivity index (χ1n) is 9.21. The lowest BCUT2D eigenvalue weighted by atomic mass is 10.1. The van der Waals surface area contributed by atoms with Gasteiger partial charge < -0.3 is 5.32 Å². The third-order valence-electron chi connectivity index (χ3n) is 4.51. The minimum atomic E-state index is -0.221. The minimum Gasteiger partial charge on any atom is -0.347 e. The number of amides is 1. The molecule has 144 valence electrons. The predicted molar refractivity (Wildman–Crippen MR) is 114 cm³/mol. The number of nitrogens with one attached hydrogen (secondary N) is 1. The summed E-state index contributed by atoms with van der Waals surface area (Å²) in [5.74, 6) is -0.221. The maximum absolute atomic E-state index is 13.0. The zero-order valence-electron chi connectivity index (χ0n) is 15.8. The van der Waals surface area contributed by atoms with E-state index in [4.69, 9.17) is 11.6 Å². The van der Waals surface area contributed by atoms with Crippen LogP contribution in [0.15, 0.2) is 79.1 Å². The molecule has 1 amide bonds. The normalized spacial score (nSPS) is 10.7. The third-order valence-corrected chi connectivity index (χ3v) is 4.84. The second-order valence-corrected chi connectivity index (χ2v) is 7.10. The highest BCUT2D eigenvalue weighted by Crippen LogP contribution is 2.28. The molecule has 2 aromatic carbocycles. The van der Waals surface area contributed by atoms with E-state index in [-0.39, 0.29) is 5.91 Å². The number of hydrogen-bond acceptors (Lipinski definition) is 3. The van der Waals surface area contributed by atoms with Gasteiger partial charge in [0, 0.05) is 24.5 Å². The number of pyridine rings is 1. The van der Waals surface area contributed by atoms with Crippen molar-refractivity contribution < 1.29 is 4.79 Å². The monoisotopic (exact) mass is 402 g/mol. The molecule has 4 rings (SSSR count). The van der Waals surface area contributed by atoms with Crippen LogP contribution >= 0.6 is 11.6 Å². The fraction of sp³-hybridized carbons (Fsp3) is 0.0870. The standard InChI is InChI=1S/C23H19ClN4O/c1-16-6-4-8-18(12-16)28-22(23(29)26-15-17-7-5-11-25-14-17)13-21(27-28)19-9-2-3-10-20(19)24/h2-14H,15H2,1H3,(H,26,29). The van der Waals surface area contributed by atoms with Gasteiger partial charge in [0.2, 0.25) is 0 Å². The van der Waals surface area contributed by atoms with Crippen molar-refractivity contribution in [1.82, 2.24) is 20.1 Å². The molecule has 0 radical (unpaired) electrons. The van der Waals surface area contributed by atoms with E-state index < -0.39 is 0 Å². The number of rotatable bonds is 5. The maximum Gasteiger partial charge on any atom is 0.270 e. The van der Waals surface area contributed by atoms with E-state index in [2.05, 4.69) is 15.4 Å². The lowest BCUT2D eigenvalue weighted by Crippen LogP contribution is -2.25. The molecule has 0 spiro atoms. The van der Waals surface area contributed by atoms with E-state index in [9.17, 15) is 4.79 Å². The van der Waals surface area contributed by atoms with Crippen LogP contribution in [-0.2, 0) is 6.54 Å². The lowest BCUT2D eigenvalue weighted by molar-refractivity contribution is 0.0943. The van der Waals surface area contributed by atoms with Gasteiger partial charge in [-0.1, -0.05) is 48.0 Å². The lowest BCUT2D eigenvalue weighted by Gasteiger charge is -2.09. The summed E-state index contributed by atoms with van der Waals surface area (Å²) >= 11 is 6.36. The summed E-state index contributed by atoms with van der Waals surface area (Å²) in [6.07, 6.45) is 3.43. The van der Waals surface area contributed by atoms with Crippen LogP contribution in [0.25, 0.3) is 16.9 Å². The van der Waals surface area contributed by atoms with Crippen LogP contribution < -0.4 is 5.32 Å². The van der Waals surface area contributed by atoms with Crippen molar-refractivity contribution in [1.29, 1.82) is 0 Å². The molecule has 2 heterocycles. The first kappa shape index (κ1) is 18.9. The molecule has 0 aliphatic rings. The van der Waals surface area contributed by atoms with E-state index in [0.717, 1.165) is 22.4 Å². The van der Waals surface area contributed by atoms with Crippen LogP contribution in [0.3, 0.4) is 0 Å². The van der Waals surface area contributed by atoms with Gasteiger partial charge in [-0.05, 0) is 48.4 Å². The van der Waals surface area contributed by atoms with Gasteiger partial charge in [0.15, 0.2) is 0 Å². The second kappa shape index (κ2) is 8.29. The summed E-state index contributed by atoms with van der Waals surface area (Å²) in [5, 5.41) is 8.22. The van der Waals surface area contributed by atoms with Crippen molar-refractivity contribution in [3.8, 4) is 16.9 Å². The van der Waals surface area contributed by atoms with Crippen LogP contribution in [0.4, 0.5) is 0 Å². The summed E-state index contributed by atoms with van der Waals surface area (Å²) in [7, 11) is 0. The highest BCUT2D eigenvalue weighted by Gasteiger charge is 2.18. The highest BCUT2D eigenvalue weighted by atomic mass is 35.5. The summed E-state index contributed by atoms with van der Waals surface area (Å²) in [4.78, 5) is 17.1. The van der Waals surface area contributed by atoms with Crippen LogP contribution in [0.5, 0.6) is 0 Å². The van der Waals surface area contributed by atoms with E-state index in [1.54, 1.807) is 23.1 Å². The zero-order chi connectivity index (χ0) is 20.2. The highest BCUT2D eigenvalue weighted by molar-refractivity contribution is 6.33. The van der Waals surface area contributed by atoms with Crippen molar-refractivity contribution in [2.24, 2.45) is 0 Å². The van der Waals surface area contributed by atoms with E-state index >= 15 is 0 Å². The third kappa shape index (κ3) is 4.20. The number of aromatic nitrogens is 3. The number of aryl methyl sites for hydroxylation is 1. The molecule has 4 aromatic rings. The summed E-state index contributed by atoms with van der Waals surface area (Å²) in [5.41, 5.74) is 4.68. The van der Waals surface area contributed by atoms with Gasteiger partial charge in [0.05, 0.1) is 16.4 Å². The molecule has 6 heteroatoms. The van der Waals surface area contributed by atoms with Gasteiger partial charge in [-0.25, -0.2) is 4.68 Å². The number of benzene rings is 2. The molecule has 0 unspecified atom stereocenters. The number of hydrogen-bond donors (Lipinski definition) is 1. The van der Waals surface area contributed by atoms with Crippen LogP contribution in [0.1, 0.15) is 21.6 Å². The largest absolute Gasteiger partial charge is 0.347 e. The summed E-state index contributed by atoms with van der Waals surface area (Å²) in [6, 6.07) is 20.8. The van der Waals surface area contributed by atoms with E-state index in [0.29, 0.717) is 23.0 Å². The maximum atomic E-state index is 13.0. The molecule has 0 aliphatic heterocycles. The number of nitrogens with zero attached hydrogens (tertiary/aromatic N) is 3. The Morgan fingerprint density at radius 3 is 2.69 bits per heavy atom. The molecule has 0 atom stereocenters. The Morgan fingerprint density at radius 1 is 1.07 bits per heavy atom. The molecule has 0 bridgehead atoms. The molecule has 2 aromatic heterocycles. The Bertz CT molecular complexity index is 1150. The van der Waals surface area contributed by atoms with Crippen molar-refractivity contribution >= 4 is 17.5 Å². The molecule has 5 nitrogen and oxygen atoms in total. The quantitative estimate of drug-likeness (QED) is 0.520. The van der Waals surface area contributed by atoms with Crippen LogP contribution in [0.2, 0.25) is 5.02 Å². The van der Waals surface area contributed by atoms with Gasteiger partial charge in [-0.3, -0.25) is 9.78 Å². The summed E-state index contributed by atoms with van der Waals surface area (Å²) < 4.78 is 1.66. The smallest absolute Gasteiger partial charge is 0.270 e. The predicted octanol–water partition coefficient (Wildman–Crippen LogP) is 4.83.